The van der Waals surface area contributed by atoms with Gasteiger partial charge in [-0.25, -0.2) is 9.50 Å². The van der Waals surface area contributed by atoms with Crippen molar-refractivity contribution in [1.82, 2.24) is 14.6 Å². The van der Waals surface area contributed by atoms with Crippen molar-refractivity contribution in [3.05, 3.63) is 24.2 Å². The molecule has 0 radical (unpaired) electrons. The summed E-state index contributed by atoms with van der Waals surface area (Å²) >= 11 is 0. The van der Waals surface area contributed by atoms with Gasteiger partial charge in [0.1, 0.15) is 5.52 Å². The smallest absolute Gasteiger partial charge is 0.152 e. The SMILES string of the molecule is CCC(CN)Nc1nccn2nc(C)cc12. The largest absolute Gasteiger partial charge is 0.364 e. The molecule has 0 aliphatic carbocycles. The van der Waals surface area contributed by atoms with Gasteiger partial charge in [0.05, 0.1) is 5.69 Å². The highest BCUT2D eigenvalue weighted by atomic mass is 15.2. The average molecular weight is 219 g/mol. The predicted octanol–water partition coefficient (Wildman–Crippen LogP) is 1.19. The fourth-order valence-electron chi connectivity index (χ4n) is 1.68. The van der Waals surface area contributed by atoms with Gasteiger partial charge < -0.3 is 11.1 Å². The second-order valence-electron chi connectivity index (χ2n) is 3.88. The topological polar surface area (TPSA) is 68.2 Å². The summed E-state index contributed by atoms with van der Waals surface area (Å²) in [6, 6.07) is 2.27. The first-order chi connectivity index (χ1) is 7.74. The molecule has 0 saturated heterocycles. The van der Waals surface area contributed by atoms with E-state index in [2.05, 4.69) is 22.3 Å². The van der Waals surface area contributed by atoms with Crippen molar-refractivity contribution in [1.29, 1.82) is 0 Å². The van der Waals surface area contributed by atoms with Crippen LogP contribution in [0.2, 0.25) is 0 Å². The summed E-state index contributed by atoms with van der Waals surface area (Å²) in [5.41, 5.74) is 7.64. The molecule has 2 rings (SSSR count). The Morgan fingerprint density at radius 1 is 1.56 bits per heavy atom. The van der Waals surface area contributed by atoms with E-state index in [0.717, 1.165) is 23.4 Å². The van der Waals surface area contributed by atoms with Crippen molar-refractivity contribution in [2.75, 3.05) is 11.9 Å². The lowest BCUT2D eigenvalue weighted by atomic mass is 10.2. The number of hydrogen-bond donors (Lipinski definition) is 2. The number of nitrogens with two attached hydrogens (primary N) is 1. The minimum atomic E-state index is 0.258. The summed E-state index contributed by atoms with van der Waals surface area (Å²) < 4.78 is 1.83. The van der Waals surface area contributed by atoms with Crippen LogP contribution in [0.1, 0.15) is 19.0 Å². The van der Waals surface area contributed by atoms with E-state index in [1.165, 1.54) is 0 Å². The van der Waals surface area contributed by atoms with Crippen LogP contribution in [0.5, 0.6) is 0 Å². The van der Waals surface area contributed by atoms with Gasteiger partial charge in [-0.1, -0.05) is 6.92 Å². The number of fused-ring (bicyclic) bond motifs is 1. The van der Waals surface area contributed by atoms with Gasteiger partial charge in [-0.3, -0.25) is 0 Å². The van der Waals surface area contributed by atoms with E-state index in [0.29, 0.717) is 6.54 Å². The molecule has 0 aromatic carbocycles. The van der Waals surface area contributed by atoms with Crippen molar-refractivity contribution >= 4 is 11.3 Å². The molecule has 0 saturated carbocycles. The van der Waals surface area contributed by atoms with Crippen LogP contribution in [0.3, 0.4) is 0 Å². The van der Waals surface area contributed by atoms with Gasteiger partial charge in [-0.2, -0.15) is 5.10 Å². The molecule has 0 fully saturated rings. The van der Waals surface area contributed by atoms with Crippen LogP contribution < -0.4 is 11.1 Å². The second kappa shape index (κ2) is 4.49. The Labute approximate surface area is 94.7 Å². The van der Waals surface area contributed by atoms with Gasteiger partial charge in [0.2, 0.25) is 0 Å². The Kier molecular flexibility index (Phi) is 3.05. The highest BCUT2D eigenvalue weighted by Crippen LogP contribution is 2.15. The first-order valence-corrected chi connectivity index (χ1v) is 5.52. The molecule has 5 nitrogen and oxygen atoms in total. The lowest BCUT2D eigenvalue weighted by Crippen LogP contribution is -2.28. The van der Waals surface area contributed by atoms with E-state index < -0.39 is 0 Å². The van der Waals surface area contributed by atoms with Crippen molar-refractivity contribution in [3.63, 3.8) is 0 Å². The van der Waals surface area contributed by atoms with Gasteiger partial charge in [0, 0.05) is 25.0 Å². The summed E-state index contributed by atoms with van der Waals surface area (Å²) in [6.07, 6.45) is 4.56. The first kappa shape index (κ1) is 10.9. The average Bonchev–Trinajstić information content (AvgIpc) is 2.67. The third-order valence-electron chi connectivity index (χ3n) is 2.63. The number of rotatable bonds is 4. The monoisotopic (exact) mass is 219 g/mol. The summed E-state index contributed by atoms with van der Waals surface area (Å²) in [5, 5.41) is 7.68. The molecule has 2 aromatic rings. The number of nitrogens with one attached hydrogen (secondary N) is 1. The van der Waals surface area contributed by atoms with Crippen molar-refractivity contribution in [2.45, 2.75) is 26.3 Å². The van der Waals surface area contributed by atoms with E-state index >= 15 is 0 Å². The number of hydrogen-bond acceptors (Lipinski definition) is 4. The third kappa shape index (κ3) is 1.99. The molecule has 0 spiro atoms. The van der Waals surface area contributed by atoms with E-state index in [1.54, 1.807) is 6.20 Å². The van der Waals surface area contributed by atoms with Crippen LogP contribution in [0, 0.1) is 6.92 Å². The second-order valence-corrected chi connectivity index (χ2v) is 3.88. The van der Waals surface area contributed by atoms with Gasteiger partial charge in [-0.15, -0.1) is 0 Å². The van der Waals surface area contributed by atoms with Crippen LogP contribution in [-0.4, -0.2) is 27.2 Å². The van der Waals surface area contributed by atoms with Crippen molar-refractivity contribution in [2.24, 2.45) is 5.73 Å². The fourth-order valence-corrected chi connectivity index (χ4v) is 1.68. The van der Waals surface area contributed by atoms with E-state index in [1.807, 2.05) is 23.7 Å². The maximum atomic E-state index is 5.67. The lowest BCUT2D eigenvalue weighted by molar-refractivity contribution is 0.700. The molecule has 16 heavy (non-hydrogen) atoms. The zero-order valence-electron chi connectivity index (χ0n) is 9.64. The highest BCUT2D eigenvalue weighted by molar-refractivity contribution is 5.67. The molecule has 0 amide bonds. The molecule has 5 heteroatoms. The van der Waals surface area contributed by atoms with Crippen LogP contribution in [-0.2, 0) is 0 Å². The molecule has 0 aliphatic heterocycles. The minimum absolute atomic E-state index is 0.258. The highest BCUT2D eigenvalue weighted by Gasteiger charge is 2.09. The Morgan fingerprint density at radius 2 is 2.38 bits per heavy atom. The Hall–Kier alpha value is -1.62. The number of nitrogens with zero attached hydrogens (tertiary/aromatic N) is 3. The Morgan fingerprint density at radius 3 is 3.06 bits per heavy atom. The van der Waals surface area contributed by atoms with E-state index in [-0.39, 0.29) is 6.04 Å². The summed E-state index contributed by atoms with van der Waals surface area (Å²) in [5.74, 6) is 0.848. The molecular weight excluding hydrogens is 202 g/mol. The van der Waals surface area contributed by atoms with Gasteiger partial charge >= 0.3 is 0 Å². The van der Waals surface area contributed by atoms with Crippen LogP contribution in [0.25, 0.3) is 5.52 Å². The van der Waals surface area contributed by atoms with Crippen molar-refractivity contribution in [3.8, 4) is 0 Å². The van der Waals surface area contributed by atoms with Gasteiger partial charge in [0.25, 0.3) is 0 Å². The molecule has 86 valence electrons. The summed E-state index contributed by atoms with van der Waals surface area (Å²) in [7, 11) is 0. The van der Waals surface area contributed by atoms with Crippen LogP contribution in [0.15, 0.2) is 18.5 Å². The Bertz CT molecular complexity index is 472. The van der Waals surface area contributed by atoms with Gasteiger partial charge in [-0.05, 0) is 19.4 Å². The zero-order chi connectivity index (χ0) is 11.5. The first-order valence-electron chi connectivity index (χ1n) is 5.52. The van der Waals surface area contributed by atoms with E-state index in [4.69, 9.17) is 5.73 Å². The predicted molar refractivity (Wildman–Crippen MR) is 64.5 cm³/mol. The molecule has 3 N–H and O–H groups in total. The quantitative estimate of drug-likeness (QED) is 0.810. The normalized spacial score (nSPS) is 12.9. The zero-order valence-corrected chi connectivity index (χ0v) is 9.64. The van der Waals surface area contributed by atoms with E-state index in [9.17, 15) is 0 Å². The maximum absolute atomic E-state index is 5.67. The molecular formula is C11H17N5. The maximum Gasteiger partial charge on any atom is 0.152 e. The number of anilines is 1. The molecule has 0 aliphatic rings. The van der Waals surface area contributed by atoms with Crippen LogP contribution >= 0.6 is 0 Å². The third-order valence-corrected chi connectivity index (χ3v) is 2.63. The molecule has 2 heterocycles. The molecule has 0 bridgehead atoms. The number of aromatic nitrogens is 3. The molecule has 2 aromatic heterocycles. The van der Waals surface area contributed by atoms with Crippen molar-refractivity contribution < 1.29 is 0 Å². The molecule has 1 unspecified atom stereocenters. The summed E-state index contributed by atoms with van der Waals surface area (Å²) in [4.78, 5) is 4.33. The van der Waals surface area contributed by atoms with Crippen LogP contribution in [0.4, 0.5) is 5.82 Å². The fraction of sp³-hybridized carbons (Fsp3) is 0.455. The lowest BCUT2D eigenvalue weighted by Gasteiger charge is -2.15. The molecule has 1 atom stereocenters. The Balaban J connectivity index is 2.36. The standard InChI is InChI=1S/C11H17N5/c1-3-9(7-12)14-11-10-6-8(2)15-16(10)5-4-13-11/h4-6,9H,3,7,12H2,1-2H3,(H,13,14). The van der Waals surface area contributed by atoms with Gasteiger partial charge in [0.15, 0.2) is 5.82 Å². The summed E-state index contributed by atoms with van der Waals surface area (Å²) in [6.45, 7) is 4.68. The number of aryl methyl sites for hydroxylation is 1. The minimum Gasteiger partial charge on any atom is -0.364 e.